The van der Waals surface area contributed by atoms with Crippen LogP contribution in [0.15, 0.2) is 42.7 Å². The van der Waals surface area contributed by atoms with Crippen LogP contribution in [0, 0.1) is 0 Å². The van der Waals surface area contributed by atoms with Crippen molar-refractivity contribution in [3.8, 4) is 5.69 Å². The van der Waals surface area contributed by atoms with Crippen LogP contribution in [0.5, 0.6) is 0 Å². The van der Waals surface area contributed by atoms with Crippen LogP contribution < -0.4 is 10.6 Å². The van der Waals surface area contributed by atoms with Gasteiger partial charge in [0.05, 0.1) is 23.9 Å². The summed E-state index contributed by atoms with van der Waals surface area (Å²) >= 11 is 0. The normalized spacial score (nSPS) is 21.9. The van der Waals surface area contributed by atoms with Crippen LogP contribution in [0.25, 0.3) is 5.69 Å². The number of nitrogens with one attached hydrogen (secondary N) is 2. The van der Waals surface area contributed by atoms with Gasteiger partial charge in [-0.05, 0) is 43.5 Å². The zero-order valence-corrected chi connectivity index (χ0v) is 13.9. The molecule has 24 heavy (non-hydrogen) atoms. The lowest BCUT2D eigenvalue weighted by atomic mass is 9.93. The molecule has 1 fully saturated rings. The van der Waals surface area contributed by atoms with E-state index in [2.05, 4.69) is 15.7 Å². The molecule has 1 aliphatic carbocycles. The lowest BCUT2D eigenvalue weighted by Gasteiger charge is -2.29. The average molecular weight is 328 g/mol. The molecule has 3 rings (SSSR count). The molecule has 1 aromatic heterocycles. The molecule has 6 heteroatoms. The lowest BCUT2D eigenvalue weighted by Crippen LogP contribution is -2.49. The van der Waals surface area contributed by atoms with Crippen molar-refractivity contribution in [1.29, 1.82) is 0 Å². The SMILES string of the molecule is CC(NC(=O)NC1CCCCC1O)c1ccc(-n2cccn2)cc1. The van der Waals surface area contributed by atoms with Gasteiger partial charge >= 0.3 is 6.03 Å². The van der Waals surface area contributed by atoms with Crippen LogP contribution in [0.2, 0.25) is 0 Å². The van der Waals surface area contributed by atoms with Gasteiger partial charge in [-0.3, -0.25) is 0 Å². The zero-order valence-electron chi connectivity index (χ0n) is 13.9. The second kappa shape index (κ2) is 7.49. The maximum Gasteiger partial charge on any atom is 0.315 e. The highest BCUT2D eigenvalue weighted by Crippen LogP contribution is 2.19. The van der Waals surface area contributed by atoms with Crippen LogP contribution in [0.1, 0.15) is 44.2 Å². The summed E-state index contributed by atoms with van der Waals surface area (Å²) in [6.07, 6.45) is 6.86. The first kappa shape index (κ1) is 16.5. The first-order chi connectivity index (χ1) is 11.6. The number of aliphatic hydroxyl groups is 1. The summed E-state index contributed by atoms with van der Waals surface area (Å²) < 4.78 is 1.79. The Morgan fingerprint density at radius 3 is 2.71 bits per heavy atom. The van der Waals surface area contributed by atoms with Gasteiger partial charge in [-0.1, -0.05) is 25.0 Å². The molecular weight excluding hydrogens is 304 g/mol. The van der Waals surface area contributed by atoms with E-state index in [0.29, 0.717) is 0 Å². The highest BCUT2D eigenvalue weighted by atomic mass is 16.3. The molecule has 1 heterocycles. The van der Waals surface area contributed by atoms with Gasteiger partial charge in [0.2, 0.25) is 0 Å². The summed E-state index contributed by atoms with van der Waals surface area (Å²) in [5.74, 6) is 0. The minimum absolute atomic E-state index is 0.114. The van der Waals surface area contributed by atoms with Gasteiger partial charge in [-0.25, -0.2) is 9.48 Å². The quantitative estimate of drug-likeness (QED) is 0.807. The zero-order chi connectivity index (χ0) is 16.9. The van der Waals surface area contributed by atoms with E-state index in [4.69, 9.17) is 0 Å². The summed E-state index contributed by atoms with van der Waals surface area (Å²) in [6, 6.07) is 9.30. The molecule has 3 unspecified atom stereocenters. The Kier molecular flexibility index (Phi) is 5.15. The third kappa shape index (κ3) is 3.94. The molecule has 128 valence electrons. The lowest BCUT2D eigenvalue weighted by molar-refractivity contribution is 0.0941. The number of rotatable bonds is 4. The Morgan fingerprint density at radius 2 is 2.04 bits per heavy atom. The summed E-state index contributed by atoms with van der Waals surface area (Å²) in [4.78, 5) is 12.1. The Bertz CT molecular complexity index is 654. The van der Waals surface area contributed by atoms with E-state index in [0.717, 1.165) is 36.9 Å². The Labute approximate surface area is 141 Å². The van der Waals surface area contributed by atoms with Crippen LogP contribution in [-0.4, -0.2) is 33.1 Å². The fourth-order valence-electron chi connectivity index (χ4n) is 3.11. The molecule has 1 aliphatic rings. The molecular formula is C18H24N4O2. The van der Waals surface area contributed by atoms with E-state index in [9.17, 15) is 9.90 Å². The number of carbonyl (C=O) groups is 1. The van der Waals surface area contributed by atoms with Crippen LogP contribution >= 0.6 is 0 Å². The number of aromatic nitrogens is 2. The molecule has 2 aromatic rings. The third-order valence-electron chi connectivity index (χ3n) is 4.56. The highest BCUT2D eigenvalue weighted by Gasteiger charge is 2.24. The van der Waals surface area contributed by atoms with Crippen molar-refractivity contribution < 1.29 is 9.90 Å². The topological polar surface area (TPSA) is 79.2 Å². The molecule has 2 amide bonds. The second-order valence-electron chi connectivity index (χ2n) is 6.34. The Hall–Kier alpha value is -2.34. The van der Waals surface area contributed by atoms with Crippen molar-refractivity contribution >= 4 is 6.03 Å². The minimum Gasteiger partial charge on any atom is -0.391 e. The van der Waals surface area contributed by atoms with Gasteiger partial charge in [-0.2, -0.15) is 5.10 Å². The Morgan fingerprint density at radius 1 is 1.29 bits per heavy atom. The fourth-order valence-corrected chi connectivity index (χ4v) is 3.11. The molecule has 0 spiro atoms. The number of amides is 2. The predicted octanol–water partition coefficient (Wildman–Crippen LogP) is 2.54. The van der Waals surface area contributed by atoms with Crippen molar-refractivity contribution in [1.82, 2.24) is 20.4 Å². The minimum atomic E-state index is -0.437. The number of carbonyl (C=O) groups excluding carboxylic acids is 1. The monoisotopic (exact) mass is 328 g/mol. The average Bonchev–Trinajstić information content (AvgIpc) is 3.11. The second-order valence-corrected chi connectivity index (χ2v) is 6.34. The smallest absolute Gasteiger partial charge is 0.315 e. The molecule has 1 saturated carbocycles. The molecule has 0 saturated heterocycles. The Balaban J connectivity index is 1.56. The van der Waals surface area contributed by atoms with Gasteiger partial charge < -0.3 is 15.7 Å². The maximum atomic E-state index is 12.1. The van der Waals surface area contributed by atoms with E-state index < -0.39 is 6.10 Å². The molecule has 6 nitrogen and oxygen atoms in total. The van der Waals surface area contributed by atoms with Gasteiger partial charge in [0.15, 0.2) is 0 Å². The summed E-state index contributed by atoms with van der Waals surface area (Å²) in [5.41, 5.74) is 2.00. The van der Waals surface area contributed by atoms with E-state index in [1.54, 1.807) is 10.9 Å². The number of hydrogen-bond acceptors (Lipinski definition) is 3. The van der Waals surface area contributed by atoms with E-state index >= 15 is 0 Å². The van der Waals surface area contributed by atoms with Gasteiger partial charge in [0.25, 0.3) is 0 Å². The summed E-state index contributed by atoms with van der Waals surface area (Å²) in [6.45, 7) is 1.94. The third-order valence-corrected chi connectivity index (χ3v) is 4.56. The first-order valence-electron chi connectivity index (χ1n) is 8.48. The summed E-state index contributed by atoms with van der Waals surface area (Å²) in [5, 5.41) is 20.0. The number of hydrogen-bond donors (Lipinski definition) is 3. The molecule has 1 aromatic carbocycles. The number of urea groups is 1. The maximum absolute atomic E-state index is 12.1. The van der Waals surface area contributed by atoms with Crippen molar-refractivity contribution in [2.75, 3.05) is 0 Å². The van der Waals surface area contributed by atoms with Crippen LogP contribution in [0.3, 0.4) is 0 Å². The number of aliphatic hydroxyl groups excluding tert-OH is 1. The number of benzene rings is 1. The van der Waals surface area contributed by atoms with Gasteiger partial charge in [-0.15, -0.1) is 0 Å². The highest BCUT2D eigenvalue weighted by molar-refractivity contribution is 5.74. The van der Waals surface area contributed by atoms with Crippen molar-refractivity contribution in [2.45, 2.75) is 50.8 Å². The van der Waals surface area contributed by atoms with E-state index in [1.807, 2.05) is 43.5 Å². The van der Waals surface area contributed by atoms with Crippen LogP contribution in [-0.2, 0) is 0 Å². The van der Waals surface area contributed by atoms with Crippen molar-refractivity contribution in [3.05, 3.63) is 48.3 Å². The van der Waals surface area contributed by atoms with E-state index in [-0.39, 0.29) is 18.1 Å². The molecule has 3 atom stereocenters. The van der Waals surface area contributed by atoms with Crippen molar-refractivity contribution in [3.63, 3.8) is 0 Å². The van der Waals surface area contributed by atoms with Crippen LogP contribution in [0.4, 0.5) is 4.79 Å². The first-order valence-corrected chi connectivity index (χ1v) is 8.48. The standard InChI is InChI=1S/C18H24N4O2/c1-13(20-18(24)21-16-5-2-3-6-17(16)23)14-7-9-15(10-8-14)22-12-4-11-19-22/h4,7-13,16-17,23H,2-3,5-6H2,1H3,(H2,20,21,24). The largest absolute Gasteiger partial charge is 0.391 e. The predicted molar refractivity (Wildman–Crippen MR) is 91.9 cm³/mol. The molecule has 0 bridgehead atoms. The molecule has 3 N–H and O–H groups in total. The molecule has 0 radical (unpaired) electrons. The van der Waals surface area contributed by atoms with E-state index in [1.165, 1.54) is 0 Å². The summed E-state index contributed by atoms with van der Waals surface area (Å²) in [7, 11) is 0. The fraction of sp³-hybridized carbons (Fsp3) is 0.444. The van der Waals surface area contributed by atoms with Crippen molar-refractivity contribution in [2.24, 2.45) is 0 Å². The van der Waals surface area contributed by atoms with Gasteiger partial charge in [0, 0.05) is 12.4 Å². The number of nitrogens with zero attached hydrogens (tertiary/aromatic N) is 2. The van der Waals surface area contributed by atoms with Gasteiger partial charge in [0.1, 0.15) is 0 Å². The molecule has 0 aliphatic heterocycles.